The van der Waals surface area contributed by atoms with Crippen molar-refractivity contribution < 1.29 is 4.79 Å². The molecular formula is C21H28BrNOS. The first-order valence-electron chi connectivity index (χ1n) is 10.0. The van der Waals surface area contributed by atoms with Crippen LogP contribution in [0.4, 0.5) is 0 Å². The third-order valence-corrected chi connectivity index (χ3v) is 9.36. The van der Waals surface area contributed by atoms with Crippen molar-refractivity contribution >= 4 is 33.2 Å². The maximum absolute atomic E-state index is 13.4. The summed E-state index contributed by atoms with van der Waals surface area (Å²) in [6, 6.07) is 2.57. The fourth-order valence-electron chi connectivity index (χ4n) is 7.10. The van der Waals surface area contributed by atoms with Crippen LogP contribution in [0.15, 0.2) is 11.4 Å². The first-order chi connectivity index (χ1) is 12.0. The third kappa shape index (κ3) is 2.74. The van der Waals surface area contributed by atoms with Crippen LogP contribution in [0, 0.1) is 17.3 Å². The van der Waals surface area contributed by atoms with Gasteiger partial charge in [0.05, 0.1) is 6.04 Å². The van der Waals surface area contributed by atoms with Gasteiger partial charge in [-0.15, -0.1) is 11.3 Å². The van der Waals surface area contributed by atoms with E-state index in [1.807, 2.05) is 11.3 Å². The molecule has 25 heavy (non-hydrogen) atoms. The molecule has 0 radical (unpaired) electrons. The lowest BCUT2D eigenvalue weighted by molar-refractivity contribution is -0.141. The standard InChI is InChI=1S/C21H28BrNOS/c1-2-17-16-4-6-25-18(16)3-5-23(17)19(24)12-20-8-14-7-15(9-20)11-21(22,10-14)13-20/h4,6,14-15,17H,2-3,5,7-13H2,1H3/t14-,15-,17-,20?,21?/m1/s1. The van der Waals surface area contributed by atoms with Crippen LogP contribution < -0.4 is 0 Å². The lowest BCUT2D eigenvalue weighted by atomic mass is 9.48. The summed E-state index contributed by atoms with van der Waals surface area (Å²) in [6.07, 6.45) is 10.8. The Kier molecular flexibility index (Phi) is 3.91. The van der Waals surface area contributed by atoms with Gasteiger partial charge in [0.15, 0.2) is 0 Å². The van der Waals surface area contributed by atoms with Gasteiger partial charge in [-0.25, -0.2) is 0 Å². The molecule has 2 heterocycles. The van der Waals surface area contributed by atoms with Gasteiger partial charge in [-0.2, -0.15) is 0 Å². The van der Waals surface area contributed by atoms with Crippen LogP contribution >= 0.6 is 27.3 Å². The zero-order chi connectivity index (χ0) is 17.2. The molecule has 4 bridgehead atoms. The summed E-state index contributed by atoms with van der Waals surface area (Å²) in [4.78, 5) is 17.1. The molecule has 1 aliphatic heterocycles. The Balaban J connectivity index is 1.37. The van der Waals surface area contributed by atoms with Gasteiger partial charge in [-0.3, -0.25) is 4.79 Å². The predicted octanol–water partition coefficient (Wildman–Crippen LogP) is 5.71. The first-order valence-corrected chi connectivity index (χ1v) is 11.7. The molecular weight excluding hydrogens is 394 g/mol. The highest BCUT2D eigenvalue weighted by molar-refractivity contribution is 9.10. The number of fused-ring (bicyclic) bond motifs is 1. The van der Waals surface area contributed by atoms with Crippen LogP contribution in [0.3, 0.4) is 0 Å². The van der Waals surface area contributed by atoms with E-state index in [9.17, 15) is 4.79 Å². The minimum atomic E-state index is 0.290. The van der Waals surface area contributed by atoms with Crippen LogP contribution in [0.2, 0.25) is 0 Å². The molecule has 2 nitrogen and oxygen atoms in total. The normalized spacial score (nSPS) is 41.8. The number of amides is 1. The molecule has 0 N–H and O–H groups in total. The van der Waals surface area contributed by atoms with E-state index in [4.69, 9.17) is 0 Å². The van der Waals surface area contributed by atoms with E-state index in [-0.39, 0.29) is 5.41 Å². The number of carbonyl (C=O) groups excluding carboxylic acids is 1. The molecule has 1 aromatic rings. The Morgan fingerprint density at radius 2 is 2.08 bits per heavy atom. The van der Waals surface area contributed by atoms with Gasteiger partial charge in [0.2, 0.25) is 5.91 Å². The smallest absolute Gasteiger partial charge is 0.223 e. The van der Waals surface area contributed by atoms with Crippen molar-refractivity contribution in [1.29, 1.82) is 0 Å². The monoisotopic (exact) mass is 421 g/mol. The number of thiophene rings is 1. The molecule has 1 amide bonds. The zero-order valence-electron chi connectivity index (χ0n) is 15.1. The Morgan fingerprint density at radius 3 is 2.76 bits per heavy atom. The molecule has 0 unspecified atom stereocenters. The second kappa shape index (κ2) is 5.82. The maximum atomic E-state index is 13.4. The lowest BCUT2D eigenvalue weighted by Crippen LogP contribution is -2.54. The molecule has 0 saturated heterocycles. The van der Waals surface area contributed by atoms with Gasteiger partial charge in [0.25, 0.3) is 0 Å². The van der Waals surface area contributed by atoms with Gasteiger partial charge in [0.1, 0.15) is 0 Å². The summed E-state index contributed by atoms with van der Waals surface area (Å²) >= 11 is 5.97. The Morgan fingerprint density at radius 1 is 1.32 bits per heavy atom. The average molecular weight is 422 g/mol. The van der Waals surface area contributed by atoms with Crippen LogP contribution in [0.5, 0.6) is 0 Å². The number of alkyl halides is 1. The number of hydrogen-bond acceptors (Lipinski definition) is 2. The van der Waals surface area contributed by atoms with E-state index in [1.165, 1.54) is 49.0 Å². The number of carbonyl (C=O) groups is 1. The molecule has 3 atom stereocenters. The summed E-state index contributed by atoms with van der Waals surface area (Å²) in [6.45, 7) is 3.16. The quantitative estimate of drug-likeness (QED) is 0.572. The Labute approximate surface area is 163 Å². The molecule has 0 spiro atoms. The maximum Gasteiger partial charge on any atom is 0.223 e. The zero-order valence-corrected chi connectivity index (χ0v) is 17.5. The largest absolute Gasteiger partial charge is 0.335 e. The summed E-state index contributed by atoms with van der Waals surface area (Å²) in [5, 5.41) is 2.20. The van der Waals surface area contributed by atoms with Crippen molar-refractivity contribution in [3.8, 4) is 0 Å². The van der Waals surface area contributed by atoms with E-state index < -0.39 is 0 Å². The van der Waals surface area contributed by atoms with Crippen molar-refractivity contribution in [3.05, 3.63) is 21.9 Å². The second-order valence-electron chi connectivity index (χ2n) is 9.35. The molecule has 4 aliphatic carbocycles. The number of rotatable bonds is 3. The van der Waals surface area contributed by atoms with Crippen LogP contribution in [-0.4, -0.2) is 21.7 Å². The van der Waals surface area contributed by atoms with E-state index >= 15 is 0 Å². The van der Waals surface area contributed by atoms with Gasteiger partial charge in [0, 0.05) is 22.2 Å². The van der Waals surface area contributed by atoms with Crippen molar-refractivity contribution in [3.63, 3.8) is 0 Å². The van der Waals surface area contributed by atoms with Gasteiger partial charge < -0.3 is 4.90 Å². The average Bonchev–Trinajstić information content (AvgIpc) is 2.99. The van der Waals surface area contributed by atoms with Gasteiger partial charge >= 0.3 is 0 Å². The fourth-order valence-corrected chi connectivity index (χ4v) is 9.54. The fraction of sp³-hybridized carbons (Fsp3) is 0.762. The molecule has 4 saturated carbocycles. The second-order valence-corrected chi connectivity index (χ2v) is 12.0. The van der Waals surface area contributed by atoms with E-state index in [1.54, 1.807) is 0 Å². The molecule has 0 aromatic carbocycles. The Bertz CT molecular complexity index is 684. The van der Waals surface area contributed by atoms with Gasteiger partial charge in [-0.05, 0) is 85.6 Å². The van der Waals surface area contributed by atoms with Crippen LogP contribution in [0.25, 0.3) is 0 Å². The molecule has 1 aromatic heterocycles. The highest BCUT2D eigenvalue weighted by Crippen LogP contribution is 2.65. The minimum absolute atomic E-state index is 0.290. The van der Waals surface area contributed by atoms with Crippen molar-refractivity contribution in [1.82, 2.24) is 4.90 Å². The lowest BCUT2D eigenvalue weighted by Gasteiger charge is -2.60. The van der Waals surface area contributed by atoms with Crippen LogP contribution in [0.1, 0.15) is 74.8 Å². The SMILES string of the molecule is CC[C@@H]1c2ccsc2CCN1C(=O)CC12C[C@H]3C[C@@H](CC(Br)(C3)C1)C2. The highest BCUT2D eigenvalue weighted by Gasteiger charge is 2.57. The van der Waals surface area contributed by atoms with Crippen molar-refractivity contribution in [2.75, 3.05) is 6.54 Å². The van der Waals surface area contributed by atoms with Crippen molar-refractivity contribution in [2.24, 2.45) is 17.3 Å². The highest BCUT2D eigenvalue weighted by atomic mass is 79.9. The molecule has 6 rings (SSSR count). The molecule has 136 valence electrons. The predicted molar refractivity (Wildman–Crippen MR) is 106 cm³/mol. The number of hydrogen-bond donors (Lipinski definition) is 0. The summed E-state index contributed by atoms with van der Waals surface area (Å²) in [5.41, 5.74) is 1.72. The summed E-state index contributed by atoms with van der Waals surface area (Å²) in [7, 11) is 0. The minimum Gasteiger partial charge on any atom is -0.335 e. The summed E-state index contributed by atoms with van der Waals surface area (Å²) < 4.78 is 0.351. The summed E-state index contributed by atoms with van der Waals surface area (Å²) in [5.74, 6) is 2.15. The van der Waals surface area contributed by atoms with Crippen molar-refractivity contribution in [2.45, 2.75) is 75.1 Å². The van der Waals surface area contributed by atoms with E-state index in [0.717, 1.165) is 37.6 Å². The Hall–Kier alpha value is -0.350. The third-order valence-electron chi connectivity index (χ3n) is 7.44. The number of nitrogens with zero attached hydrogens (tertiary/aromatic N) is 1. The van der Waals surface area contributed by atoms with E-state index in [0.29, 0.717) is 16.3 Å². The number of halogens is 1. The molecule has 5 aliphatic rings. The first kappa shape index (κ1) is 16.8. The van der Waals surface area contributed by atoms with Crippen LogP contribution in [-0.2, 0) is 11.2 Å². The molecule has 4 fully saturated rings. The van der Waals surface area contributed by atoms with E-state index in [2.05, 4.69) is 39.2 Å². The topological polar surface area (TPSA) is 20.3 Å². The molecule has 4 heteroatoms. The van der Waals surface area contributed by atoms with Gasteiger partial charge in [-0.1, -0.05) is 22.9 Å².